The summed E-state index contributed by atoms with van der Waals surface area (Å²) in [6, 6.07) is 8.10. The topological polar surface area (TPSA) is 46.9 Å². The Hall–Kier alpha value is -2.36. The molecule has 1 aromatic carbocycles. The number of aromatic nitrogens is 2. The monoisotopic (exact) mass is 309 g/mol. The Bertz CT molecular complexity index is 771. The number of carbonyl (C=O) groups is 1. The molecule has 3 rings (SSSR count). The zero-order valence-corrected chi connectivity index (χ0v) is 14.0. The molecule has 0 bridgehead atoms. The zero-order valence-electron chi connectivity index (χ0n) is 14.0. The predicted octanol–water partition coefficient (Wildman–Crippen LogP) is 3.93. The molecular weight excluding hydrogens is 286 g/mol. The maximum atomic E-state index is 12.5. The molecule has 120 valence electrons. The fourth-order valence-corrected chi connectivity index (χ4v) is 3.29. The molecule has 0 spiro atoms. The zero-order chi connectivity index (χ0) is 16.6. The van der Waals surface area contributed by atoms with Crippen LogP contribution in [-0.2, 0) is 6.42 Å². The maximum Gasteiger partial charge on any atom is 0.167 e. The minimum atomic E-state index is -0.0208. The molecule has 1 aliphatic rings. The van der Waals surface area contributed by atoms with Gasteiger partial charge in [0.2, 0.25) is 0 Å². The van der Waals surface area contributed by atoms with Gasteiger partial charge in [0.25, 0.3) is 0 Å². The van der Waals surface area contributed by atoms with Gasteiger partial charge in [-0.2, -0.15) is 5.10 Å². The Balaban J connectivity index is 2.07. The summed E-state index contributed by atoms with van der Waals surface area (Å²) in [4.78, 5) is 12.5. The number of ketones is 1. The van der Waals surface area contributed by atoms with Gasteiger partial charge in [0, 0.05) is 18.7 Å². The van der Waals surface area contributed by atoms with Gasteiger partial charge in [0.15, 0.2) is 5.78 Å². The Morgan fingerprint density at radius 3 is 2.91 bits per heavy atom. The van der Waals surface area contributed by atoms with Gasteiger partial charge in [0.1, 0.15) is 0 Å². The second kappa shape index (κ2) is 5.69. The molecule has 1 aromatic heterocycles. The van der Waals surface area contributed by atoms with Crippen molar-refractivity contribution in [3.8, 4) is 5.69 Å². The van der Waals surface area contributed by atoms with Crippen LogP contribution in [0.2, 0.25) is 0 Å². The summed E-state index contributed by atoms with van der Waals surface area (Å²) < 4.78 is 1.93. The lowest BCUT2D eigenvalue weighted by atomic mass is 9.75. The van der Waals surface area contributed by atoms with Crippen LogP contribution < -0.4 is 5.32 Å². The molecule has 2 aromatic rings. The normalized spacial score (nSPS) is 16.0. The van der Waals surface area contributed by atoms with E-state index in [2.05, 4.69) is 36.9 Å². The average molecular weight is 309 g/mol. The molecule has 0 amide bonds. The van der Waals surface area contributed by atoms with Crippen LogP contribution in [0, 0.1) is 12.3 Å². The van der Waals surface area contributed by atoms with Crippen LogP contribution in [0.1, 0.15) is 42.0 Å². The van der Waals surface area contributed by atoms with Gasteiger partial charge in [-0.05, 0) is 37.0 Å². The number of Topliss-reactive ketones (excluding diaryl/α,β-unsaturated/α-hetero) is 1. The van der Waals surface area contributed by atoms with E-state index < -0.39 is 0 Å². The van der Waals surface area contributed by atoms with Crippen molar-refractivity contribution in [3.63, 3.8) is 0 Å². The van der Waals surface area contributed by atoms with Crippen LogP contribution in [-0.4, -0.2) is 22.1 Å². The Morgan fingerprint density at radius 2 is 2.17 bits per heavy atom. The molecule has 0 radical (unpaired) electrons. The average Bonchev–Trinajstić information content (AvgIpc) is 2.81. The number of fused-ring (bicyclic) bond motifs is 1. The van der Waals surface area contributed by atoms with Crippen LogP contribution in [0.4, 0.5) is 5.69 Å². The SMILES string of the molecule is C=CCNc1cccc(-n2nc(C)c3c2CC(C)(C)CC3=O)c1. The van der Waals surface area contributed by atoms with Crippen LogP contribution in [0.5, 0.6) is 0 Å². The van der Waals surface area contributed by atoms with Crippen molar-refractivity contribution in [2.45, 2.75) is 33.6 Å². The summed E-state index contributed by atoms with van der Waals surface area (Å²) in [5.74, 6) is 0.209. The minimum Gasteiger partial charge on any atom is -0.382 e. The minimum absolute atomic E-state index is 0.0208. The number of nitrogens with zero attached hydrogens (tertiary/aromatic N) is 2. The second-order valence-electron chi connectivity index (χ2n) is 6.98. The van der Waals surface area contributed by atoms with Gasteiger partial charge in [-0.15, -0.1) is 6.58 Å². The number of anilines is 1. The second-order valence-corrected chi connectivity index (χ2v) is 6.98. The first-order valence-electron chi connectivity index (χ1n) is 7.98. The van der Waals surface area contributed by atoms with E-state index >= 15 is 0 Å². The Morgan fingerprint density at radius 1 is 1.39 bits per heavy atom. The van der Waals surface area contributed by atoms with Crippen molar-refractivity contribution in [3.05, 3.63) is 53.9 Å². The quantitative estimate of drug-likeness (QED) is 0.870. The molecule has 23 heavy (non-hydrogen) atoms. The van der Waals surface area contributed by atoms with E-state index in [9.17, 15) is 4.79 Å². The first-order chi connectivity index (χ1) is 10.9. The van der Waals surface area contributed by atoms with Crippen LogP contribution in [0.3, 0.4) is 0 Å². The molecule has 0 saturated carbocycles. The van der Waals surface area contributed by atoms with Crippen LogP contribution >= 0.6 is 0 Å². The molecule has 4 heteroatoms. The number of benzene rings is 1. The third-order valence-corrected chi connectivity index (χ3v) is 4.26. The van der Waals surface area contributed by atoms with E-state index in [1.165, 1.54) is 0 Å². The molecule has 0 atom stereocenters. The number of aryl methyl sites for hydroxylation is 1. The highest BCUT2D eigenvalue weighted by Crippen LogP contribution is 2.37. The first-order valence-corrected chi connectivity index (χ1v) is 7.98. The number of carbonyl (C=O) groups excluding carboxylic acids is 1. The van der Waals surface area contributed by atoms with E-state index in [0.717, 1.165) is 34.7 Å². The molecule has 0 saturated heterocycles. The summed E-state index contributed by atoms with van der Waals surface area (Å²) in [5.41, 5.74) is 4.65. The van der Waals surface area contributed by atoms with E-state index in [1.807, 2.05) is 35.9 Å². The van der Waals surface area contributed by atoms with Gasteiger partial charge in [-0.25, -0.2) is 4.68 Å². The van der Waals surface area contributed by atoms with Gasteiger partial charge in [-0.3, -0.25) is 4.79 Å². The number of hydrogen-bond donors (Lipinski definition) is 1. The van der Waals surface area contributed by atoms with E-state index in [1.54, 1.807) is 0 Å². The number of nitrogens with one attached hydrogen (secondary N) is 1. The lowest BCUT2D eigenvalue weighted by Crippen LogP contribution is -2.28. The van der Waals surface area contributed by atoms with Crippen molar-refractivity contribution >= 4 is 11.5 Å². The molecule has 0 aliphatic heterocycles. The largest absolute Gasteiger partial charge is 0.382 e. The fourth-order valence-electron chi connectivity index (χ4n) is 3.29. The van der Waals surface area contributed by atoms with E-state index in [4.69, 9.17) is 0 Å². The standard InChI is InChI=1S/C19H23N3O/c1-5-9-20-14-7-6-8-15(10-14)22-16-11-19(3,4)12-17(23)18(16)13(2)21-22/h5-8,10,20H,1,9,11-12H2,2-4H3. The highest BCUT2D eigenvalue weighted by Gasteiger charge is 2.35. The van der Waals surface area contributed by atoms with Crippen molar-refractivity contribution in [1.82, 2.24) is 9.78 Å². The van der Waals surface area contributed by atoms with Gasteiger partial charge in [0.05, 0.1) is 22.6 Å². The summed E-state index contributed by atoms with van der Waals surface area (Å²) >= 11 is 0. The number of hydrogen-bond acceptors (Lipinski definition) is 3. The summed E-state index contributed by atoms with van der Waals surface area (Å²) in [5, 5.41) is 7.94. The fraction of sp³-hybridized carbons (Fsp3) is 0.368. The Labute approximate surface area is 137 Å². The first kappa shape index (κ1) is 15.5. The van der Waals surface area contributed by atoms with Gasteiger partial charge >= 0.3 is 0 Å². The smallest absolute Gasteiger partial charge is 0.167 e. The van der Waals surface area contributed by atoms with Gasteiger partial charge in [-0.1, -0.05) is 26.0 Å². The van der Waals surface area contributed by atoms with Crippen LogP contribution in [0.25, 0.3) is 5.69 Å². The van der Waals surface area contributed by atoms with Crippen molar-refractivity contribution in [1.29, 1.82) is 0 Å². The lowest BCUT2D eigenvalue weighted by Gasteiger charge is -2.29. The highest BCUT2D eigenvalue weighted by molar-refractivity contribution is 5.99. The third kappa shape index (κ3) is 2.93. The summed E-state index contributed by atoms with van der Waals surface area (Å²) in [6.07, 6.45) is 3.28. The van der Waals surface area contributed by atoms with Crippen LogP contribution in [0.15, 0.2) is 36.9 Å². The molecule has 1 heterocycles. The van der Waals surface area contributed by atoms with Gasteiger partial charge < -0.3 is 5.32 Å². The molecule has 1 aliphatic carbocycles. The third-order valence-electron chi connectivity index (χ3n) is 4.26. The molecule has 0 fully saturated rings. The molecule has 1 N–H and O–H groups in total. The van der Waals surface area contributed by atoms with E-state index in [0.29, 0.717) is 13.0 Å². The highest BCUT2D eigenvalue weighted by atomic mass is 16.1. The number of rotatable bonds is 4. The predicted molar refractivity (Wildman–Crippen MR) is 93.4 cm³/mol. The maximum absolute atomic E-state index is 12.5. The summed E-state index contributed by atoms with van der Waals surface area (Å²) in [7, 11) is 0. The van der Waals surface area contributed by atoms with Crippen molar-refractivity contribution < 1.29 is 4.79 Å². The molecule has 0 unspecified atom stereocenters. The molecule has 4 nitrogen and oxygen atoms in total. The lowest BCUT2D eigenvalue weighted by molar-refractivity contribution is 0.0910. The van der Waals surface area contributed by atoms with Crippen molar-refractivity contribution in [2.24, 2.45) is 5.41 Å². The Kier molecular flexibility index (Phi) is 3.84. The van der Waals surface area contributed by atoms with Crippen molar-refractivity contribution in [2.75, 3.05) is 11.9 Å². The van der Waals surface area contributed by atoms with E-state index in [-0.39, 0.29) is 11.2 Å². The summed E-state index contributed by atoms with van der Waals surface area (Å²) in [6.45, 7) is 10.6. The molecular formula is C19H23N3O.